The van der Waals surface area contributed by atoms with E-state index in [2.05, 4.69) is 19.2 Å². The van der Waals surface area contributed by atoms with Gasteiger partial charge in [-0.25, -0.2) is 0 Å². The third-order valence-corrected chi connectivity index (χ3v) is 3.80. The van der Waals surface area contributed by atoms with Crippen molar-refractivity contribution < 1.29 is 9.84 Å². The summed E-state index contributed by atoms with van der Waals surface area (Å²) in [4.78, 5) is 0. The van der Waals surface area contributed by atoms with E-state index in [4.69, 9.17) is 4.74 Å². The summed E-state index contributed by atoms with van der Waals surface area (Å²) in [5.74, 6) is 1.44. The van der Waals surface area contributed by atoms with Crippen LogP contribution in [0.4, 0.5) is 0 Å². The van der Waals surface area contributed by atoms with E-state index in [1.807, 2.05) is 31.2 Å². The lowest BCUT2D eigenvalue weighted by Gasteiger charge is -2.35. The SMILES string of the molecule is Cc1ccccc1OCC(CO)(NC(C)C)C1CC1. The first-order valence-corrected chi connectivity index (χ1v) is 7.14. The minimum atomic E-state index is -0.295. The fourth-order valence-electron chi connectivity index (χ4n) is 2.63. The molecule has 1 unspecified atom stereocenters. The van der Waals surface area contributed by atoms with E-state index in [9.17, 15) is 5.11 Å². The summed E-state index contributed by atoms with van der Waals surface area (Å²) in [5.41, 5.74) is 0.839. The van der Waals surface area contributed by atoms with Crippen molar-refractivity contribution in [2.75, 3.05) is 13.2 Å². The summed E-state index contributed by atoms with van der Waals surface area (Å²) in [5, 5.41) is 13.4. The smallest absolute Gasteiger partial charge is 0.122 e. The van der Waals surface area contributed by atoms with Crippen LogP contribution in [0.15, 0.2) is 24.3 Å². The number of aliphatic hydroxyl groups is 1. The topological polar surface area (TPSA) is 41.5 Å². The normalized spacial score (nSPS) is 18.4. The van der Waals surface area contributed by atoms with E-state index in [1.54, 1.807) is 0 Å². The van der Waals surface area contributed by atoms with Crippen molar-refractivity contribution in [2.24, 2.45) is 5.92 Å². The zero-order chi connectivity index (χ0) is 13.9. The third-order valence-electron chi connectivity index (χ3n) is 3.80. The van der Waals surface area contributed by atoms with Gasteiger partial charge < -0.3 is 15.2 Å². The molecule has 1 saturated carbocycles. The number of benzene rings is 1. The zero-order valence-electron chi connectivity index (χ0n) is 12.1. The molecule has 106 valence electrons. The Morgan fingerprint density at radius 2 is 2.05 bits per heavy atom. The van der Waals surface area contributed by atoms with Gasteiger partial charge >= 0.3 is 0 Å². The Kier molecular flexibility index (Phi) is 4.48. The molecule has 1 aliphatic carbocycles. The molecule has 2 N–H and O–H groups in total. The lowest BCUT2D eigenvalue weighted by molar-refractivity contribution is 0.0776. The average Bonchev–Trinajstić information content (AvgIpc) is 3.20. The van der Waals surface area contributed by atoms with E-state index in [1.165, 1.54) is 12.8 Å². The summed E-state index contributed by atoms with van der Waals surface area (Å²) in [7, 11) is 0. The second-order valence-corrected chi connectivity index (χ2v) is 5.94. The van der Waals surface area contributed by atoms with E-state index >= 15 is 0 Å². The molecule has 3 heteroatoms. The van der Waals surface area contributed by atoms with Crippen LogP contribution in [-0.4, -0.2) is 29.9 Å². The van der Waals surface area contributed by atoms with E-state index in [0.717, 1.165) is 11.3 Å². The highest BCUT2D eigenvalue weighted by atomic mass is 16.5. The summed E-state index contributed by atoms with van der Waals surface area (Å²) in [6.45, 7) is 6.92. The Bertz CT molecular complexity index is 415. The summed E-state index contributed by atoms with van der Waals surface area (Å²) in [6, 6.07) is 8.36. The highest BCUT2D eigenvalue weighted by Gasteiger charge is 2.45. The quantitative estimate of drug-likeness (QED) is 0.794. The molecule has 0 bridgehead atoms. The van der Waals surface area contributed by atoms with Gasteiger partial charge in [0.15, 0.2) is 0 Å². The van der Waals surface area contributed by atoms with Gasteiger partial charge in [0.25, 0.3) is 0 Å². The molecule has 1 aromatic carbocycles. The second kappa shape index (κ2) is 5.93. The molecule has 0 aliphatic heterocycles. The molecule has 2 rings (SSSR count). The number of hydrogen-bond acceptors (Lipinski definition) is 3. The first-order chi connectivity index (χ1) is 9.07. The Labute approximate surface area is 116 Å². The van der Waals surface area contributed by atoms with Crippen LogP contribution in [-0.2, 0) is 0 Å². The monoisotopic (exact) mass is 263 g/mol. The summed E-state index contributed by atoms with van der Waals surface area (Å²) < 4.78 is 5.97. The van der Waals surface area contributed by atoms with Gasteiger partial charge in [0.1, 0.15) is 12.4 Å². The highest BCUT2D eigenvalue weighted by Crippen LogP contribution is 2.40. The molecule has 0 saturated heterocycles. The first kappa shape index (κ1) is 14.4. The molecule has 0 radical (unpaired) electrons. The number of aryl methyl sites for hydroxylation is 1. The maximum atomic E-state index is 9.84. The maximum Gasteiger partial charge on any atom is 0.122 e. The highest BCUT2D eigenvalue weighted by molar-refractivity contribution is 5.32. The summed E-state index contributed by atoms with van der Waals surface area (Å²) in [6.07, 6.45) is 2.36. The van der Waals surface area contributed by atoms with Gasteiger partial charge in [-0.05, 0) is 37.3 Å². The van der Waals surface area contributed by atoms with Crippen molar-refractivity contribution >= 4 is 0 Å². The molecular weight excluding hydrogens is 238 g/mol. The van der Waals surface area contributed by atoms with Crippen LogP contribution in [0.5, 0.6) is 5.75 Å². The Morgan fingerprint density at radius 3 is 2.58 bits per heavy atom. The van der Waals surface area contributed by atoms with Crippen molar-refractivity contribution in [1.82, 2.24) is 5.32 Å². The molecule has 0 spiro atoms. The molecule has 0 aromatic heterocycles. The van der Waals surface area contributed by atoms with E-state index < -0.39 is 0 Å². The van der Waals surface area contributed by atoms with Crippen molar-refractivity contribution in [2.45, 2.75) is 45.2 Å². The lowest BCUT2D eigenvalue weighted by Crippen LogP contribution is -2.57. The van der Waals surface area contributed by atoms with Crippen LogP contribution in [0.2, 0.25) is 0 Å². The van der Waals surface area contributed by atoms with Crippen LogP contribution in [0.3, 0.4) is 0 Å². The lowest BCUT2D eigenvalue weighted by atomic mass is 9.94. The van der Waals surface area contributed by atoms with Gasteiger partial charge in [-0.15, -0.1) is 0 Å². The van der Waals surface area contributed by atoms with Gasteiger partial charge in [0.2, 0.25) is 0 Å². The van der Waals surface area contributed by atoms with E-state index in [0.29, 0.717) is 18.6 Å². The molecule has 3 nitrogen and oxygen atoms in total. The van der Waals surface area contributed by atoms with Crippen molar-refractivity contribution in [3.63, 3.8) is 0 Å². The minimum absolute atomic E-state index is 0.127. The van der Waals surface area contributed by atoms with Crippen molar-refractivity contribution in [3.8, 4) is 5.75 Å². The van der Waals surface area contributed by atoms with Crippen LogP contribution in [0, 0.1) is 12.8 Å². The fourth-order valence-corrected chi connectivity index (χ4v) is 2.63. The number of rotatable bonds is 7. The third kappa shape index (κ3) is 3.48. The Hall–Kier alpha value is -1.06. The number of ether oxygens (including phenoxy) is 1. The van der Waals surface area contributed by atoms with Crippen LogP contribution in [0.1, 0.15) is 32.3 Å². The van der Waals surface area contributed by atoms with Crippen LogP contribution in [0.25, 0.3) is 0 Å². The molecule has 1 fully saturated rings. The number of para-hydroxylation sites is 1. The number of aliphatic hydroxyl groups excluding tert-OH is 1. The largest absolute Gasteiger partial charge is 0.491 e. The molecule has 0 amide bonds. The second-order valence-electron chi connectivity index (χ2n) is 5.94. The standard InChI is InChI=1S/C16H25NO2/c1-12(2)17-16(10-18,14-8-9-14)11-19-15-7-5-4-6-13(15)3/h4-7,12,14,17-18H,8-11H2,1-3H3. The molecule has 19 heavy (non-hydrogen) atoms. The van der Waals surface area contributed by atoms with Crippen LogP contribution < -0.4 is 10.1 Å². The minimum Gasteiger partial charge on any atom is -0.491 e. The van der Waals surface area contributed by atoms with Gasteiger partial charge in [0.05, 0.1) is 12.1 Å². The number of nitrogens with one attached hydrogen (secondary N) is 1. The van der Waals surface area contributed by atoms with Gasteiger partial charge in [-0.1, -0.05) is 32.0 Å². The Morgan fingerprint density at radius 1 is 1.37 bits per heavy atom. The van der Waals surface area contributed by atoms with Crippen molar-refractivity contribution in [3.05, 3.63) is 29.8 Å². The molecular formula is C16H25NO2. The fraction of sp³-hybridized carbons (Fsp3) is 0.625. The van der Waals surface area contributed by atoms with Crippen molar-refractivity contribution in [1.29, 1.82) is 0 Å². The molecule has 1 atom stereocenters. The summed E-state index contributed by atoms with van der Waals surface area (Å²) >= 11 is 0. The van der Waals surface area contributed by atoms with E-state index in [-0.39, 0.29) is 12.1 Å². The molecule has 0 heterocycles. The van der Waals surface area contributed by atoms with Crippen LogP contribution >= 0.6 is 0 Å². The predicted molar refractivity (Wildman–Crippen MR) is 77.5 cm³/mol. The first-order valence-electron chi connectivity index (χ1n) is 7.14. The molecule has 1 aliphatic rings. The maximum absolute atomic E-state index is 9.84. The average molecular weight is 263 g/mol. The molecule has 1 aromatic rings. The van der Waals surface area contributed by atoms with Gasteiger partial charge in [-0.3, -0.25) is 0 Å². The predicted octanol–water partition coefficient (Wildman–Crippen LogP) is 2.51. The zero-order valence-corrected chi connectivity index (χ0v) is 12.1. The Balaban J connectivity index is 2.06. The van der Waals surface area contributed by atoms with Gasteiger partial charge in [-0.2, -0.15) is 0 Å². The van der Waals surface area contributed by atoms with Gasteiger partial charge in [0, 0.05) is 6.04 Å². The number of hydrogen-bond donors (Lipinski definition) is 2.